The first-order valence-electron chi connectivity index (χ1n) is 10.6. The molecule has 0 aliphatic carbocycles. The highest BCUT2D eigenvalue weighted by molar-refractivity contribution is 7.92. The molecule has 1 unspecified atom stereocenters. The third-order valence-electron chi connectivity index (χ3n) is 4.53. The van der Waals surface area contributed by atoms with Crippen LogP contribution in [0.2, 0.25) is 0 Å². The van der Waals surface area contributed by atoms with Crippen LogP contribution in [0.15, 0.2) is 47.6 Å². The van der Waals surface area contributed by atoms with Crippen LogP contribution in [0.1, 0.15) is 32.8 Å². The molecule has 1 atom stereocenters. The largest absolute Gasteiger partial charge is 0.497 e. The number of rotatable bonds is 12. The summed E-state index contributed by atoms with van der Waals surface area (Å²) in [5, 5.41) is 3.98. The van der Waals surface area contributed by atoms with Crippen LogP contribution < -0.4 is 23.9 Å². The number of ether oxygens (including phenoxy) is 3. The van der Waals surface area contributed by atoms with E-state index in [0.717, 1.165) is 17.0 Å². The summed E-state index contributed by atoms with van der Waals surface area (Å²) in [6.07, 6.45) is 3.37. The Balaban J connectivity index is 2.14. The zero-order chi connectivity index (χ0) is 24.4. The molecule has 10 heteroatoms. The molecule has 0 aromatic heterocycles. The molecule has 2 aromatic rings. The summed E-state index contributed by atoms with van der Waals surface area (Å²) < 4.78 is 42.2. The molecule has 0 saturated carbocycles. The number of amides is 1. The van der Waals surface area contributed by atoms with Crippen molar-refractivity contribution in [1.29, 1.82) is 0 Å². The molecule has 0 aliphatic heterocycles. The molecule has 0 heterocycles. The standard InChI is InChI=1S/C23H31N3O6S/c1-6-14-32-21-13-8-18(15-22(21)31-7-2)16-24-25-23(27)17(3)26(33(5,28)29)19-9-11-20(30-4)12-10-19/h8-13,15-17H,6-7,14H2,1-5H3,(H,25,27). The van der Waals surface area contributed by atoms with Gasteiger partial charge in [0, 0.05) is 0 Å². The smallest absolute Gasteiger partial charge is 0.263 e. The quantitative estimate of drug-likeness (QED) is 0.372. The highest BCUT2D eigenvalue weighted by Gasteiger charge is 2.29. The first-order chi connectivity index (χ1) is 15.7. The predicted octanol–water partition coefficient (Wildman–Crippen LogP) is 3.19. The van der Waals surface area contributed by atoms with Crippen LogP contribution >= 0.6 is 0 Å². The van der Waals surface area contributed by atoms with Crippen molar-refractivity contribution < 1.29 is 27.4 Å². The SMILES string of the molecule is CCCOc1ccc(C=NNC(=O)C(C)N(c2ccc(OC)cc2)S(C)(=O)=O)cc1OCC. The van der Waals surface area contributed by atoms with Crippen LogP contribution in [0.5, 0.6) is 17.2 Å². The molecule has 180 valence electrons. The van der Waals surface area contributed by atoms with E-state index >= 15 is 0 Å². The average Bonchev–Trinajstić information content (AvgIpc) is 2.78. The number of hydrogen-bond donors (Lipinski definition) is 1. The van der Waals surface area contributed by atoms with Crippen molar-refractivity contribution in [2.24, 2.45) is 5.10 Å². The molecule has 0 saturated heterocycles. The minimum atomic E-state index is -3.73. The van der Waals surface area contributed by atoms with Gasteiger partial charge in [0.05, 0.1) is 38.5 Å². The Morgan fingerprint density at radius 1 is 1.12 bits per heavy atom. The second-order valence-corrected chi connectivity index (χ2v) is 9.01. The fraction of sp³-hybridized carbons (Fsp3) is 0.391. The number of hydrazone groups is 1. The maximum Gasteiger partial charge on any atom is 0.263 e. The molecular formula is C23H31N3O6S. The van der Waals surface area contributed by atoms with Gasteiger partial charge in [-0.1, -0.05) is 6.92 Å². The zero-order valence-electron chi connectivity index (χ0n) is 19.6. The lowest BCUT2D eigenvalue weighted by atomic mass is 10.2. The van der Waals surface area contributed by atoms with Gasteiger partial charge >= 0.3 is 0 Å². The molecule has 2 rings (SSSR count). The predicted molar refractivity (Wildman–Crippen MR) is 129 cm³/mol. The van der Waals surface area contributed by atoms with E-state index in [-0.39, 0.29) is 0 Å². The van der Waals surface area contributed by atoms with Crippen LogP contribution in [-0.4, -0.2) is 53.2 Å². The number of carbonyl (C=O) groups excluding carboxylic acids is 1. The topological polar surface area (TPSA) is 107 Å². The Morgan fingerprint density at radius 3 is 2.39 bits per heavy atom. The van der Waals surface area contributed by atoms with E-state index in [1.54, 1.807) is 42.5 Å². The van der Waals surface area contributed by atoms with Crippen molar-refractivity contribution in [1.82, 2.24) is 5.43 Å². The van der Waals surface area contributed by atoms with Gasteiger partial charge in [-0.3, -0.25) is 9.10 Å². The first kappa shape index (κ1) is 26.0. The first-order valence-corrected chi connectivity index (χ1v) is 12.4. The van der Waals surface area contributed by atoms with Crippen LogP contribution in [0.25, 0.3) is 0 Å². The Morgan fingerprint density at radius 2 is 1.82 bits per heavy atom. The number of sulfonamides is 1. The summed E-state index contributed by atoms with van der Waals surface area (Å²) in [5.74, 6) is 1.21. The van der Waals surface area contributed by atoms with Crippen molar-refractivity contribution in [2.75, 3.05) is 30.9 Å². The van der Waals surface area contributed by atoms with Gasteiger partial charge in [0.15, 0.2) is 11.5 Å². The highest BCUT2D eigenvalue weighted by atomic mass is 32.2. The molecule has 0 fully saturated rings. The maximum atomic E-state index is 12.7. The molecule has 2 aromatic carbocycles. The Bertz CT molecular complexity index is 1050. The third-order valence-corrected chi connectivity index (χ3v) is 5.77. The molecule has 0 bridgehead atoms. The maximum absolute atomic E-state index is 12.7. The van der Waals surface area contributed by atoms with Gasteiger partial charge in [-0.2, -0.15) is 5.10 Å². The Labute approximate surface area is 195 Å². The number of nitrogens with zero attached hydrogens (tertiary/aromatic N) is 2. The van der Waals surface area contributed by atoms with Crippen molar-refractivity contribution in [3.05, 3.63) is 48.0 Å². The Hall–Kier alpha value is -3.27. The minimum absolute atomic E-state index is 0.342. The molecule has 0 aliphatic rings. The van der Waals surface area contributed by atoms with E-state index in [1.165, 1.54) is 20.2 Å². The van der Waals surface area contributed by atoms with Crippen molar-refractivity contribution in [3.63, 3.8) is 0 Å². The number of nitrogens with one attached hydrogen (secondary N) is 1. The van der Waals surface area contributed by atoms with Crippen LogP contribution in [0, 0.1) is 0 Å². The fourth-order valence-electron chi connectivity index (χ4n) is 3.01. The van der Waals surface area contributed by atoms with Gasteiger partial charge in [-0.05, 0) is 68.3 Å². The van der Waals surface area contributed by atoms with E-state index in [2.05, 4.69) is 10.5 Å². The summed E-state index contributed by atoms with van der Waals surface area (Å²) in [6.45, 7) is 6.44. The zero-order valence-corrected chi connectivity index (χ0v) is 20.4. The van der Waals surface area contributed by atoms with E-state index in [9.17, 15) is 13.2 Å². The van der Waals surface area contributed by atoms with Crippen molar-refractivity contribution >= 4 is 27.8 Å². The fourth-order valence-corrected chi connectivity index (χ4v) is 4.18. The number of carbonyl (C=O) groups is 1. The lowest BCUT2D eigenvalue weighted by molar-refractivity contribution is -0.121. The van der Waals surface area contributed by atoms with Crippen LogP contribution in [0.4, 0.5) is 5.69 Å². The van der Waals surface area contributed by atoms with Crippen LogP contribution in [0.3, 0.4) is 0 Å². The number of anilines is 1. The van der Waals surface area contributed by atoms with Gasteiger partial charge in [0.2, 0.25) is 10.0 Å². The molecule has 9 nitrogen and oxygen atoms in total. The lowest BCUT2D eigenvalue weighted by Gasteiger charge is -2.27. The van der Waals surface area contributed by atoms with Gasteiger partial charge < -0.3 is 14.2 Å². The van der Waals surface area contributed by atoms with Gasteiger partial charge in [0.25, 0.3) is 5.91 Å². The average molecular weight is 478 g/mol. The normalized spacial score (nSPS) is 12.3. The number of benzene rings is 2. The molecule has 0 radical (unpaired) electrons. The van der Waals surface area contributed by atoms with Crippen LogP contribution in [-0.2, 0) is 14.8 Å². The number of hydrogen-bond acceptors (Lipinski definition) is 7. The summed E-state index contributed by atoms with van der Waals surface area (Å²) >= 11 is 0. The molecule has 33 heavy (non-hydrogen) atoms. The van der Waals surface area contributed by atoms with E-state index in [4.69, 9.17) is 14.2 Å². The van der Waals surface area contributed by atoms with E-state index < -0.39 is 22.0 Å². The lowest BCUT2D eigenvalue weighted by Crippen LogP contribution is -2.46. The van der Waals surface area contributed by atoms with Gasteiger partial charge in [0.1, 0.15) is 11.8 Å². The van der Waals surface area contributed by atoms with E-state index in [1.807, 2.05) is 13.8 Å². The Kier molecular flexibility index (Phi) is 9.53. The molecule has 1 amide bonds. The van der Waals surface area contributed by atoms with E-state index in [0.29, 0.717) is 41.7 Å². The van der Waals surface area contributed by atoms with Gasteiger partial charge in [-0.25, -0.2) is 13.8 Å². The summed E-state index contributed by atoms with van der Waals surface area (Å²) in [4.78, 5) is 12.7. The number of methoxy groups -OCH3 is 1. The molecule has 1 N–H and O–H groups in total. The second-order valence-electron chi connectivity index (χ2n) is 7.15. The van der Waals surface area contributed by atoms with Crippen molar-refractivity contribution in [3.8, 4) is 17.2 Å². The summed E-state index contributed by atoms with van der Waals surface area (Å²) in [5.41, 5.74) is 3.43. The minimum Gasteiger partial charge on any atom is -0.497 e. The third kappa shape index (κ3) is 7.38. The summed E-state index contributed by atoms with van der Waals surface area (Å²) in [6, 6.07) is 10.7. The van der Waals surface area contributed by atoms with Crippen molar-refractivity contribution in [2.45, 2.75) is 33.2 Å². The summed E-state index contributed by atoms with van der Waals surface area (Å²) in [7, 11) is -2.22. The monoisotopic (exact) mass is 477 g/mol. The molecule has 0 spiro atoms. The second kappa shape index (κ2) is 12.1. The van der Waals surface area contributed by atoms with Gasteiger partial charge in [-0.15, -0.1) is 0 Å². The highest BCUT2D eigenvalue weighted by Crippen LogP contribution is 2.28. The molecular weight excluding hydrogens is 446 g/mol.